The van der Waals surface area contributed by atoms with Gasteiger partial charge in [-0.05, 0) is 35.7 Å². The number of likely N-dealkylation sites (tertiary alicyclic amines) is 1. The van der Waals surface area contributed by atoms with E-state index >= 15 is 0 Å². The second-order valence-electron chi connectivity index (χ2n) is 7.23. The Balaban J connectivity index is 1.41. The quantitative estimate of drug-likeness (QED) is 0.853. The SMILES string of the molecule is O=C(NCc1cccnc1)[C@@H]1CN(C(=O)Cc2cccc(F)c2)[C@@H]2CCO[C@@H]21. The molecule has 0 aliphatic carbocycles. The number of carbonyl (C=O) groups excluding carboxylic acids is 2. The van der Waals surface area contributed by atoms with Crippen LogP contribution in [-0.2, 0) is 27.3 Å². The molecule has 0 bridgehead atoms. The van der Waals surface area contributed by atoms with Crippen molar-refractivity contribution in [2.75, 3.05) is 13.2 Å². The Morgan fingerprint density at radius 2 is 2.11 bits per heavy atom. The minimum absolute atomic E-state index is 0.102. The number of halogens is 1. The van der Waals surface area contributed by atoms with Gasteiger partial charge in [0.25, 0.3) is 0 Å². The van der Waals surface area contributed by atoms with Crippen LogP contribution in [0.4, 0.5) is 4.39 Å². The van der Waals surface area contributed by atoms with Crippen molar-refractivity contribution in [1.29, 1.82) is 0 Å². The van der Waals surface area contributed by atoms with Crippen LogP contribution in [0.3, 0.4) is 0 Å². The highest BCUT2D eigenvalue weighted by Gasteiger charge is 2.50. The summed E-state index contributed by atoms with van der Waals surface area (Å²) in [5.41, 5.74) is 1.54. The number of amides is 2. The van der Waals surface area contributed by atoms with Crippen molar-refractivity contribution in [3.05, 3.63) is 65.7 Å². The molecule has 7 heteroatoms. The van der Waals surface area contributed by atoms with Gasteiger partial charge >= 0.3 is 0 Å². The highest BCUT2D eigenvalue weighted by molar-refractivity contribution is 5.84. The maximum atomic E-state index is 13.4. The van der Waals surface area contributed by atoms with Gasteiger partial charge in [-0.3, -0.25) is 14.6 Å². The fourth-order valence-electron chi connectivity index (χ4n) is 4.03. The molecule has 2 aliphatic rings. The van der Waals surface area contributed by atoms with Gasteiger partial charge in [0, 0.05) is 32.1 Å². The van der Waals surface area contributed by atoms with Gasteiger partial charge in [-0.1, -0.05) is 18.2 Å². The van der Waals surface area contributed by atoms with Crippen LogP contribution >= 0.6 is 0 Å². The normalized spacial score (nSPS) is 23.5. The molecule has 1 aromatic carbocycles. The van der Waals surface area contributed by atoms with Crippen LogP contribution in [0.2, 0.25) is 0 Å². The maximum absolute atomic E-state index is 13.4. The molecule has 2 saturated heterocycles. The molecule has 0 spiro atoms. The number of fused-ring (bicyclic) bond motifs is 1. The Kier molecular flexibility index (Phi) is 5.34. The zero-order valence-corrected chi connectivity index (χ0v) is 15.4. The third-order valence-corrected chi connectivity index (χ3v) is 5.38. The van der Waals surface area contributed by atoms with E-state index in [0.717, 1.165) is 5.56 Å². The molecule has 1 aromatic heterocycles. The smallest absolute Gasteiger partial charge is 0.227 e. The van der Waals surface area contributed by atoms with E-state index < -0.39 is 5.92 Å². The van der Waals surface area contributed by atoms with E-state index in [-0.39, 0.29) is 36.2 Å². The summed E-state index contributed by atoms with van der Waals surface area (Å²) in [5, 5.41) is 2.92. The van der Waals surface area contributed by atoms with Crippen molar-refractivity contribution in [3.8, 4) is 0 Å². The lowest BCUT2D eigenvalue weighted by Crippen LogP contribution is -2.38. The van der Waals surface area contributed by atoms with Crippen LogP contribution in [0.5, 0.6) is 0 Å². The number of benzene rings is 1. The summed E-state index contributed by atoms with van der Waals surface area (Å²) >= 11 is 0. The number of rotatable bonds is 5. The maximum Gasteiger partial charge on any atom is 0.227 e. The molecule has 0 unspecified atom stereocenters. The molecular weight excluding hydrogens is 361 g/mol. The topological polar surface area (TPSA) is 71.5 Å². The van der Waals surface area contributed by atoms with E-state index in [1.807, 2.05) is 12.1 Å². The fourth-order valence-corrected chi connectivity index (χ4v) is 4.03. The second kappa shape index (κ2) is 8.06. The van der Waals surface area contributed by atoms with Crippen molar-refractivity contribution >= 4 is 11.8 Å². The third-order valence-electron chi connectivity index (χ3n) is 5.38. The van der Waals surface area contributed by atoms with Gasteiger partial charge in [0.15, 0.2) is 0 Å². The lowest BCUT2D eigenvalue weighted by molar-refractivity contribution is -0.131. The Morgan fingerprint density at radius 1 is 1.25 bits per heavy atom. The van der Waals surface area contributed by atoms with Crippen molar-refractivity contribution in [2.45, 2.75) is 31.5 Å². The van der Waals surface area contributed by atoms with E-state index in [4.69, 9.17) is 4.74 Å². The molecule has 146 valence electrons. The zero-order chi connectivity index (χ0) is 19.5. The standard InChI is InChI=1S/C21H22FN3O3/c22-16-5-1-3-14(9-16)10-19(26)25-13-17(20-18(25)6-8-28-20)21(27)24-12-15-4-2-7-23-11-15/h1-5,7,9,11,17-18,20H,6,8,10,12-13H2,(H,24,27)/t17-,18-,20-/m1/s1. The summed E-state index contributed by atoms with van der Waals surface area (Å²) < 4.78 is 19.2. The molecule has 2 amide bonds. The van der Waals surface area contributed by atoms with E-state index in [1.54, 1.807) is 29.4 Å². The Hall–Kier alpha value is -2.80. The predicted molar refractivity (Wildman–Crippen MR) is 99.5 cm³/mol. The summed E-state index contributed by atoms with van der Waals surface area (Å²) in [5.74, 6) is -0.988. The van der Waals surface area contributed by atoms with Crippen molar-refractivity contribution in [3.63, 3.8) is 0 Å². The van der Waals surface area contributed by atoms with Gasteiger partial charge in [0.05, 0.1) is 24.5 Å². The molecule has 4 rings (SSSR count). The molecule has 28 heavy (non-hydrogen) atoms. The number of carbonyl (C=O) groups is 2. The average Bonchev–Trinajstić information content (AvgIpc) is 3.29. The summed E-state index contributed by atoms with van der Waals surface area (Å²) in [4.78, 5) is 31.3. The summed E-state index contributed by atoms with van der Waals surface area (Å²) in [6.07, 6.45) is 3.93. The van der Waals surface area contributed by atoms with E-state index in [1.165, 1.54) is 12.1 Å². The number of nitrogens with one attached hydrogen (secondary N) is 1. The van der Waals surface area contributed by atoms with Gasteiger partial charge in [-0.25, -0.2) is 4.39 Å². The monoisotopic (exact) mass is 383 g/mol. The van der Waals surface area contributed by atoms with Crippen molar-refractivity contribution < 1.29 is 18.7 Å². The van der Waals surface area contributed by atoms with Gasteiger partial charge in [-0.15, -0.1) is 0 Å². The second-order valence-corrected chi connectivity index (χ2v) is 7.23. The number of nitrogens with zero attached hydrogens (tertiary/aromatic N) is 2. The molecule has 2 aliphatic heterocycles. The predicted octanol–water partition coefficient (Wildman–Crippen LogP) is 1.70. The van der Waals surface area contributed by atoms with Crippen LogP contribution in [-0.4, -0.2) is 47.0 Å². The van der Waals surface area contributed by atoms with Crippen molar-refractivity contribution in [2.24, 2.45) is 5.92 Å². The van der Waals surface area contributed by atoms with Crippen LogP contribution in [0.25, 0.3) is 0 Å². The molecule has 6 nitrogen and oxygen atoms in total. The Morgan fingerprint density at radius 3 is 2.89 bits per heavy atom. The van der Waals surface area contributed by atoms with E-state index in [9.17, 15) is 14.0 Å². The first kappa shape index (κ1) is 18.6. The average molecular weight is 383 g/mol. The molecule has 0 saturated carbocycles. The highest BCUT2D eigenvalue weighted by atomic mass is 19.1. The molecule has 3 heterocycles. The number of hydrogen-bond acceptors (Lipinski definition) is 4. The van der Waals surface area contributed by atoms with E-state index in [2.05, 4.69) is 10.3 Å². The third kappa shape index (κ3) is 3.89. The lowest BCUT2D eigenvalue weighted by Gasteiger charge is -2.22. The number of pyridine rings is 1. The van der Waals surface area contributed by atoms with Gasteiger partial charge in [0.1, 0.15) is 5.82 Å². The minimum Gasteiger partial charge on any atom is -0.375 e. The van der Waals surface area contributed by atoms with Gasteiger partial charge < -0.3 is 15.0 Å². The Labute approximate surface area is 162 Å². The summed E-state index contributed by atoms with van der Waals surface area (Å²) in [6.45, 7) is 1.24. The van der Waals surface area contributed by atoms with E-state index in [0.29, 0.717) is 31.7 Å². The fraction of sp³-hybridized carbons (Fsp3) is 0.381. The zero-order valence-electron chi connectivity index (χ0n) is 15.4. The molecule has 0 radical (unpaired) electrons. The number of aromatic nitrogens is 1. The van der Waals surface area contributed by atoms with Gasteiger partial charge in [0.2, 0.25) is 11.8 Å². The van der Waals surface area contributed by atoms with Gasteiger partial charge in [-0.2, -0.15) is 0 Å². The van der Waals surface area contributed by atoms with Crippen LogP contribution < -0.4 is 5.32 Å². The molecule has 2 fully saturated rings. The first-order valence-electron chi connectivity index (χ1n) is 9.44. The van der Waals surface area contributed by atoms with Crippen LogP contribution in [0.1, 0.15) is 17.5 Å². The molecule has 3 atom stereocenters. The minimum atomic E-state index is -0.402. The largest absolute Gasteiger partial charge is 0.375 e. The first-order valence-corrected chi connectivity index (χ1v) is 9.44. The summed E-state index contributed by atoms with van der Waals surface area (Å²) in [6, 6.07) is 9.67. The first-order chi connectivity index (χ1) is 13.6. The highest BCUT2D eigenvalue weighted by Crippen LogP contribution is 2.34. The number of hydrogen-bond donors (Lipinski definition) is 1. The molecular formula is C21H22FN3O3. The number of ether oxygens (including phenoxy) is 1. The lowest BCUT2D eigenvalue weighted by atomic mass is 10.0. The molecule has 1 N–H and O–H groups in total. The Bertz CT molecular complexity index is 861. The van der Waals surface area contributed by atoms with Crippen LogP contribution in [0, 0.1) is 11.7 Å². The summed E-state index contributed by atoms with van der Waals surface area (Å²) in [7, 11) is 0. The molecule has 2 aromatic rings. The van der Waals surface area contributed by atoms with Crippen LogP contribution in [0.15, 0.2) is 48.8 Å². The van der Waals surface area contributed by atoms with Crippen molar-refractivity contribution in [1.82, 2.24) is 15.2 Å².